The lowest BCUT2D eigenvalue weighted by molar-refractivity contribution is 0.135. The van der Waals surface area contributed by atoms with Crippen LogP contribution in [0, 0.1) is 5.82 Å². The van der Waals surface area contributed by atoms with Crippen molar-refractivity contribution in [2.24, 2.45) is 5.10 Å². The molecular formula is C11H9F3N4S. The lowest BCUT2D eigenvalue weighted by atomic mass is 10.2. The first-order valence-corrected chi connectivity index (χ1v) is 6.41. The largest absolute Gasteiger partial charge is 0.299 e. The Kier molecular flexibility index (Phi) is 4.20. The third-order valence-corrected chi connectivity index (χ3v) is 2.80. The number of hydrogen-bond donors (Lipinski definition) is 0. The van der Waals surface area contributed by atoms with Crippen LogP contribution < -0.4 is 0 Å². The van der Waals surface area contributed by atoms with Crippen molar-refractivity contribution in [1.82, 2.24) is 14.9 Å². The van der Waals surface area contributed by atoms with Gasteiger partial charge in [0, 0.05) is 0 Å². The Labute approximate surface area is 111 Å². The zero-order valence-electron chi connectivity index (χ0n) is 9.80. The summed E-state index contributed by atoms with van der Waals surface area (Å²) in [6.45, 7) is 0. The molecule has 0 atom stereocenters. The number of aromatic nitrogens is 3. The SMILES string of the molecule is CSc1nnc(C(F)F)n1N=Cc1cccc(F)c1. The van der Waals surface area contributed by atoms with Crippen LogP contribution in [-0.2, 0) is 0 Å². The molecule has 2 rings (SSSR count). The van der Waals surface area contributed by atoms with Gasteiger partial charge in [-0.15, -0.1) is 10.2 Å². The standard InChI is InChI=1S/C11H9F3N4S/c1-19-11-17-16-10(9(13)14)18(11)15-6-7-3-2-4-8(12)5-7/h2-6,9H,1H3. The highest BCUT2D eigenvalue weighted by Crippen LogP contribution is 2.21. The van der Waals surface area contributed by atoms with Gasteiger partial charge in [0.25, 0.3) is 6.43 Å². The van der Waals surface area contributed by atoms with E-state index in [2.05, 4.69) is 15.3 Å². The van der Waals surface area contributed by atoms with Gasteiger partial charge in [-0.2, -0.15) is 9.78 Å². The summed E-state index contributed by atoms with van der Waals surface area (Å²) in [6, 6.07) is 5.65. The summed E-state index contributed by atoms with van der Waals surface area (Å²) in [7, 11) is 0. The Morgan fingerprint density at radius 3 is 2.79 bits per heavy atom. The Bertz CT molecular complexity index is 597. The highest BCUT2D eigenvalue weighted by Gasteiger charge is 2.19. The Hall–Kier alpha value is -1.83. The number of alkyl halides is 2. The van der Waals surface area contributed by atoms with E-state index < -0.39 is 18.1 Å². The van der Waals surface area contributed by atoms with E-state index >= 15 is 0 Å². The van der Waals surface area contributed by atoms with Gasteiger partial charge in [0.1, 0.15) is 5.82 Å². The molecule has 19 heavy (non-hydrogen) atoms. The maximum absolute atomic E-state index is 13.0. The molecule has 8 heteroatoms. The third-order valence-electron chi connectivity index (χ3n) is 2.18. The van der Waals surface area contributed by atoms with Crippen LogP contribution in [0.4, 0.5) is 13.2 Å². The van der Waals surface area contributed by atoms with Crippen molar-refractivity contribution in [3.05, 3.63) is 41.5 Å². The number of halogens is 3. The maximum atomic E-state index is 13.0. The van der Waals surface area contributed by atoms with E-state index in [1.165, 1.54) is 24.4 Å². The second-order valence-corrected chi connectivity index (χ2v) is 4.23. The van der Waals surface area contributed by atoms with Crippen LogP contribution in [0.2, 0.25) is 0 Å². The van der Waals surface area contributed by atoms with Crippen LogP contribution in [0.15, 0.2) is 34.5 Å². The Morgan fingerprint density at radius 1 is 1.37 bits per heavy atom. The lowest BCUT2D eigenvalue weighted by Gasteiger charge is -2.01. The number of thioether (sulfide) groups is 1. The molecule has 100 valence electrons. The van der Waals surface area contributed by atoms with Gasteiger partial charge in [0.2, 0.25) is 11.0 Å². The van der Waals surface area contributed by atoms with Crippen LogP contribution in [0.3, 0.4) is 0 Å². The van der Waals surface area contributed by atoms with E-state index in [0.717, 1.165) is 16.4 Å². The van der Waals surface area contributed by atoms with Gasteiger partial charge in [-0.3, -0.25) is 0 Å². The number of benzene rings is 1. The monoisotopic (exact) mass is 286 g/mol. The molecule has 0 radical (unpaired) electrons. The molecule has 4 nitrogen and oxygen atoms in total. The van der Waals surface area contributed by atoms with Gasteiger partial charge < -0.3 is 0 Å². The molecule has 1 aromatic heterocycles. The molecule has 0 aliphatic heterocycles. The molecule has 0 saturated heterocycles. The molecule has 1 heterocycles. The minimum absolute atomic E-state index is 0.239. The molecule has 0 amide bonds. The van der Waals surface area contributed by atoms with Gasteiger partial charge in [0.05, 0.1) is 6.21 Å². The summed E-state index contributed by atoms with van der Waals surface area (Å²) < 4.78 is 39.3. The van der Waals surface area contributed by atoms with E-state index in [4.69, 9.17) is 0 Å². The van der Waals surface area contributed by atoms with Crippen molar-refractivity contribution >= 4 is 18.0 Å². The lowest BCUT2D eigenvalue weighted by Crippen LogP contribution is -2.00. The van der Waals surface area contributed by atoms with Gasteiger partial charge in [-0.05, 0) is 24.0 Å². The van der Waals surface area contributed by atoms with Crippen LogP contribution in [0.25, 0.3) is 0 Å². The first-order chi connectivity index (χ1) is 9.11. The highest BCUT2D eigenvalue weighted by atomic mass is 32.2. The molecule has 2 aromatic rings. The van der Waals surface area contributed by atoms with Crippen LogP contribution in [0.1, 0.15) is 17.8 Å². The molecule has 1 aromatic carbocycles. The molecule has 0 aliphatic carbocycles. The van der Waals surface area contributed by atoms with E-state index in [1.807, 2.05) is 0 Å². The predicted octanol–water partition coefficient (Wildman–Crippen LogP) is 2.96. The van der Waals surface area contributed by atoms with Gasteiger partial charge in [-0.25, -0.2) is 13.2 Å². The van der Waals surface area contributed by atoms with Crippen LogP contribution in [-0.4, -0.2) is 27.3 Å². The molecule has 0 bridgehead atoms. The van der Waals surface area contributed by atoms with Gasteiger partial charge in [-0.1, -0.05) is 23.9 Å². The molecule has 0 fully saturated rings. The molecular weight excluding hydrogens is 277 g/mol. The number of rotatable bonds is 4. The number of nitrogens with zero attached hydrogens (tertiary/aromatic N) is 4. The van der Waals surface area contributed by atoms with E-state index in [1.54, 1.807) is 12.3 Å². The Morgan fingerprint density at radius 2 is 2.16 bits per heavy atom. The number of hydrogen-bond acceptors (Lipinski definition) is 4. The topological polar surface area (TPSA) is 43.1 Å². The van der Waals surface area contributed by atoms with Crippen molar-refractivity contribution in [2.75, 3.05) is 6.26 Å². The van der Waals surface area contributed by atoms with E-state index in [9.17, 15) is 13.2 Å². The zero-order valence-corrected chi connectivity index (χ0v) is 10.6. The van der Waals surface area contributed by atoms with Crippen molar-refractivity contribution in [1.29, 1.82) is 0 Å². The predicted molar refractivity (Wildman–Crippen MR) is 66.2 cm³/mol. The molecule has 0 spiro atoms. The maximum Gasteiger partial charge on any atom is 0.299 e. The highest BCUT2D eigenvalue weighted by molar-refractivity contribution is 7.98. The van der Waals surface area contributed by atoms with Crippen molar-refractivity contribution in [2.45, 2.75) is 11.6 Å². The second-order valence-electron chi connectivity index (χ2n) is 3.46. The molecule has 0 saturated carbocycles. The van der Waals surface area contributed by atoms with E-state index in [0.29, 0.717) is 5.56 Å². The molecule has 0 N–H and O–H groups in total. The summed E-state index contributed by atoms with van der Waals surface area (Å²) in [5, 5.41) is 11.1. The van der Waals surface area contributed by atoms with Crippen molar-refractivity contribution in [3.63, 3.8) is 0 Å². The van der Waals surface area contributed by atoms with Gasteiger partial charge in [0.15, 0.2) is 0 Å². The fourth-order valence-corrected chi connectivity index (χ4v) is 1.80. The van der Waals surface area contributed by atoms with Gasteiger partial charge >= 0.3 is 0 Å². The summed E-state index contributed by atoms with van der Waals surface area (Å²) in [5.41, 5.74) is 0.459. The summed E-state index contributed by atoms with van der Waals surface area (Å²) in [6.07, 6.45) is 0.170. The van der Waals surface area contributed by atoms with Crippen LogP contribution in [0.5, 0.6) is 0 Å². The smallest absolute Gasteiger partial charge is 0.207 e. The average Bonchev–Trinajstić information content (AvgIpc) is 2.79. The van der Waals surface area contributed by atoms with Crippen molar-refractivity contribution < 1.29 is 13.2 Å². The average molecular weight is 286 g/mol. The summed E-state index contributed by atoms with van der Waals surface area (Å²) >= 11 is 1.14. The Balaban J connectivity index is 2.34. The normalized spacial score (nSPS) is 11.6. The van der Waals surface area contributed by atoms with E-state index in [-0.39, 0.29) is 5.16 Å². The molecule has 0 aliphatic rings. The summed E-state index contributed by atoms with van der Waals surface area (Å²) in [5.74, 6) is -0.969. The minimum atomic E-state index is -2.78. The minimum Gasteiger partial charge on any atom is -0.207 e. The first-order valence-electron chi connectivity index (χ1n) is 5.19. The third kappa shape index (κ3) is 3.14. The van der Waals surface area contributed by atoms with Crippen LogP contribution >= 0.6 is 11.8 Å². The second kappa shape index (κ2) is 5.87. The molecule has 0 unspecified atom stereocenters. The fraction of sp³-hybridized carbons (Fsp3) is 0.182. The fourth-order valence-electron chi connectivity index (χ4n) is 1.36. The first kappa shape index (κ1) is 13.6. The summed E-state index contributed by atoms with van der Waals surface area (Å²) in [4.78, 5) is 0. The van der Waals surface area contributed by atoms with Crippen molar-refractivity contribution in [3.8, 4) is 0 Å². The quantitative estimate of drug-likeness (QED) is 0.641. The zero-order chi connectivity index (χ0) is 13.8.